The lowest BCUT2D eigenvalue weighted by molar-refractivity contribution is -0.131. The number of hydrogen-bond acceptors (Lipinski definition) is 4. The zero-order chi connectivity index (χ0) is 14.2. The number of nitrogens with zero attached hydrogens (tertiary/aromatic N) is 2. The lowest BCUT2D eigenvalue weighted by atomic mass is 9.96. The molecule has 6 nitrogen and oxygen atoms in total. The van der Waals surface area contributed by atoms with Crippen LogP contribution >= 0.6 is 0 Å². The van der Waals surface area contributed by atoms with Gasteiger partial charge in [-0.3, -0.25) is 14.6 Å². The monoisotopic (exact) mass is 262 g/mol. The van der Waals surface area contributed by atoms with Gasteiger partial charge in [0.05, 0.1) is 0 Å². The summed E-state index contributed by atoms with van der Waals surface area (Å²) in [4.78, 5) is 25.0. The minimum absolute atomic E-state index is 0.0994. The van der Waals surface area contributed by atoms with Crippen molar-refractivity contribution < 1.29 is 9.59 Å². The first-order valence-electron chi connectivity index (χ1n) is 6.09. The van der Waals surface area contributed by atoms with Crippen LogP contribution in [0.15, 0.2) is 18.2 Å². The maximum atomic E-state index is 11.7. The Bertz CT molecular complexity index is 527. The van der Waals surface area contributed by atoms with Crippen molar-refractivity contribution >= 4 is 17.5 Å². The number of anilines is 1. The molecule has 1 aliphatic heterocycles. The van der Waals surface area contributed by atoms with Crippen molar-refractivity contribution in [1.82, 2.24) is 5.01 Å². The Labute approximate surface area is 111 Å². The van der Waals surface area contributed by atoms with Crippen LogP contribution < -0.4 is 16.5 Å². The molecule has 0 radical (unpaired) electrons. The Hall–Kier alpha value is -1.92. The van der Waals surface area contributed by atoms with Crippen molar-refractivity contribution in [2.24, 2.45) is 11.6 Å². The highest BCUT2D eigenvalue weighted by Crippen LogP contribution is 2.29. The van der Waals surface area contributed by atoms with Gasteiger partial charge in [0.1, 0.15) is 6.04 Å². The SMILES string of the molecule is CN(N)C(=O)C(N)c1ccc2c(c1)CCC(=O)N2C. The van der Waals surface area contributed by atoms with E-state index >= 15 is 0 Å². The van der Waals surface area contributed by atoms with E-state index in [9.17, 15) is 9.59 Å². The molecule has 4 N–H and O–H groups in total. The van der Waals surface area contributed by atoms with Crippen molar-refractivity contribution in [3.05, 3.63) is 29.3 Å². The molecule has 1 aromatic rings. The first kappa shape index (κ1) is 13.5. The van der Waals surface area contributed by atoms with Gasteiger partial charge in [-0.25, -0.2) is 5.84 Å². The number of rotatable bonds is 2. The van der Waals surface area contributed by atoms with Gasteiger partial charge in [-0.1, -0.05) is 12.1 Å². The summed E-state index contributed by atoms with van der Waals surface area (Å²) >= 11 is 0. The van der Waals surface area contributed by atoms with Crippen LogP contribution in [0, 0.1) is 0 Å². The molecule has 0 aliphatic carbocycles. The molecule has 0 saturated heterocycles. The van der Waals surface area contributed by atoms with Crippen molar-refractivity contribution in [2.45, 2.75) is 18.9 Å². The molecule has 0 spiro atoms. The van der Waals surface area contributed by atoms with Crippen molar-refractivity contribution in [1.29, 1.82) is 0 Å². The van der Waals surface area contributed by atoms with Crippen LogP contribution in [-0.2, 0) is 16.0 Å². The molecule has 1 unspecified atom stereocenters. The molecular formula is C13H18N4O2. The fourth-order valence-electron chi connectivity index (χ4n) is 2.23. The summed E-state index contributed by atoms with van der Waals surface area (Å²) in [6, 6.07) is 4.69. The molecule has 19 heavy (non-hydrogen) atoms. The smallest absolute Gasteiger partial charge is 0.257 e. The van der Waals surface area contributed by atoms with Crippen LogP contribution in [0.1, 0.15) is 23.6 Å². The highest BCUT2D eigenvalue weighted by molar-refractivity contribution is 5.96. The molecule has 2 amide bonds. The molecule has 0 saturated carbocycles. The number of fused-ring (bicyclic) bond motifs is 1. The molecule has 102 valence electrons. The number of aryl methyl sites for hydroxylation is 1. The highest BCUT2D eigenvalue weighted by Gasteiger charge is 2.24. The first-order valence-corrected chi connectivity index (χ1v) is 6.09. The second kappa shape index (κ2) is 4.99. The summed E-state index contributed by atoms with van der Waals surface area (Å²) in [5, 5.41) is 0.986. The number of hydrazine groups is 1. The molecule has 1 aliphatic rings. The van der Waals surface area contributed by atoms with Gasteiger partial charge in [0.15, 0.2) is 0 Å². The second-order valence-electron chi connectivity index (χ2n) is 4.77. The van der Waals surface area contributed by atoms with Crippen LogP contribution in [0.5, 0.6) is 0 Å². The Balaban J connectivity index is 2.32. The number of benzene rings is 1. The molecule has 1 heterocycles. The lowest BCUT2D eigenvalue weighted by Crippen LogP contribution is -2.40. The molecule has 6 heteroatoms. The van der Waals surface area contributed by atoms with E-state index in [2.05, 4.69) is 0 Å². The Kier molecular flexibility index (Phi) is 3.55. The maximum Gasteiger partial charge on any atom is 0.257 e. The molecule has 1 aromatic carbocycles. The average Bonchev–Trinajstić information content (AvgIpc) is 2.40. The van der Waals surface area contributed by atoms with Crippen LogP contribution in [-0.4, -0.2) is 30.9 Å². The number of nitrogens with two attached hydrogens (primary N) is 2. The summed E-state index contributed by atoms with van der Waals surface area (Å²) in [6.45, 7) is 0. The minimum Gasteiger partial charge on any atom is -0.316 e. The molecule has 2 rings (SSSR count). The predicted molar refractivity (Wildman–Crippen MR) is 72.1 cm³/mol. The van der Waals surface area contributed by atoms with E-state index in [4.69, 9.17) is 11.6 Å². The Morgan fingerprint density at radius 1 is 1.42 bits per heavy atom. The van der Waals surface area contributed by atoms with E-state index in [1.54, 1.807) is 18.0 Å². The number of hydrogen-bond donors (Lipinski definition) is 2. The summed E-state index contributed by atoms with van der Waals surface area (Å²) in [6.07, 6.45) is 1.15. The molecule has 0 aromatic heterocycles. The quantitative estimate of drug-likeness (QED) is 0.443. The average molecular weight is 262 g/mol. The number of carbonyl (C=O) groups is 2. The number of likely N-dealkylation sites (N-methyl/N-ethyl adjacent to an activating group) is 1. The predicted octanol–water partition coefficient (Wildman–Crippen LogP) is -0.0725. The third kappa shape index (κ3) is 2.45. The zero-order valence-electron chi connectivity index (χ0n) is 11.1. The maximum absolute atomic E-state index is 11.7. The van der Waals surface area contributed by atoms with Crippen LogP contribution in [0.4, 0.5) is 5.69 Å². The van der Waals surface area contributed by atoms with E-state index in [1.807, 2.05) is 12.1 Å². The molecular weight excluding hydrogens is 244 g/mol. The molecule has 0 fully saturated rings. The Morgan fingerprint density at radius 2 is 2.11 bits per heavy atom. The van der Waals surface area contributed by atoms with Gasteiger partial charge < -0.3 is 10.6 Å². The van der Waals surface area contributed by atoms with E-state index in [0.29, 0.717) is 18.4 Å². The number of amides is 2. The van der Waals surface area contributed by atoms with Crippen LogP contribution in [0.3, 0.4) is 0 Å². The fourth-order valence-corrected chi connectivity index (χ4v) is 2.23. The third-order valence-electron chi connectivity index (χ3n) is 3.42. The Morgan fingerprint density at radius 3 is 2.74 bits per heavy atom. The largest absolute Gasteiger partial charge is 0.316 e. The summed E-state index contributed by atoms with van der Waals surface area (Å²) in [5.41, 5.74) is 8.50. The van der Waals surface area contributed by atoms with Crippen LogP contribution in [0.2, 0.25) is 0 Å². The lowest BCUT2D eigenvalue weighted by Gasteiger charge is -2.27. The van der Waals surface area contributed by atoms with Crippen molar-refractivity contribution in [3.8, 4) is 0 Å². The number of carbonyl (C=O) groups excluding carboxylic acids is 2. The fraction of sp³-hybridized carbons (Fsp3) is 0.385. The molecule has 1 atom stereocenters. The van der Waals surface area contributed by atoms with E-state index in [0.717, 1.165) is 16.3 Å². The van der Waals surface area contributed by atoms with Gasteiger partial charge in [0.25, 0.3) is 5.91 Å². The molecule has 0 bridgehead atoms. The van der Waals surface area contributed by atoms with Gasteiger partial charge in [0.2, 0.25) is 5.91 Å². The zero-order valence-corrected chi connectivity index (χ0v) is 11.1. The highest BCUT2D eigenvalue weighted by atomic mass is 16.2. The summed E-state index contributed by atoms with van der Waals surface area (Å²) in [5.74, 6) is 5.16. The summed E-state index contributed by atoms with van der Waals surface area (Å²) in [7, 11) is 3.21. The summed E-state index contributed by atoms with van der Waals surface area (Å²) < 4.78 is 0. The van der Waals surface area contributed by atoms with Gasteiger partial charge in [0, 0.05) is 26.2 Å². The van der Waals surface area contributed by atoms with E-state index in [1.165, 1.54) is 7.05 Å². The topological polar surface area (TPSA) is 92.7 Å². The van der Waals surface area contributed by atoms with Crippen LogP contribution in [0.25, 0.3) is 0 Å². The minimum atomic E-state index is -0.775. The van der Waals surface area contributed by atoms with Gasteiger partial charge in [-0.2, -0.15) is 0 Å². The van der Waals surface area contributed by atoms with Crippen molar-refractivity contribution in [2.75, 3.05) is 19.0 Å². The van der Waals surface area contributed by atoms with E-state index in [-0.39, 0.29) is 11.8 Å². The van der Waals surface area contributed by atoms with Crippen molar-refractivity contribution in [3.63, 3.8) is 0 Å². The van der Waals surface area contributed by atoms with Gasteiger partial charge >= 0.3 is 0 Å². The van der Waals surface area contributed by atoms with Gasteiger partial charge in [-0.05, 0) is 23.6 Å². The van der Waals surface area contributed by atoms with E-state index < -0.39 is 6.04 Å². The normalized spacial score (nSPS) is 16.0. The van der Waals surface area contributed by atoms with Gasteiger partial charge in [-0.15, -0.1) is 0 Å². The first-order chi connectivity index (χ1) is 8.91. The third-order valence-corrected chi connectivity index (χ3v) is 3.42. The second-order valence-corrected chi connectivity index (χ2v) is 4.77. The standard InChI is InChI=1S/C13H18N4O2/c1-16-10-5-3-9(12(14)13(19)17(2)15)7-8(10)4-6-11(16)18/h3,5,7,12H,4,6,14-15H2,1-2H3.